The normalized spacial score (nSPS) is 12.1. The molecule has 2 nitrogen and oxygen atoms in total. The summed E-state index contributed by atoms with van der Waals surface area (Å²) in [6, 6.07) is 10.2. The van der Waals surface area contributed by atoms with Crippen LogP contribution in [0.3, 0.4) is 0 Å². The molecule has 0 radical (unpaired) electrons. The van der Waals surface area contributed by atoms with E-state index in [2.05, 4.69) is 24.4 Å². The van der Waals surface area contributed by atoms with Gasteiger partial charge in [-0.1, -0.05) is 37.3 Å². The molecule has 1 atom stereocenters. The van der Waals surface area contributed by atoms with Crippen molar-refractivity contribution in [1.29, 1.82) is 0 Å². The molecule has 0 aromatic heterocycles. The standard InChI is InChI=1S/C13H18ClNO/c1-11(12-6-3-2-4-7-12)10-15-13(16)8-5-9-14/h2-4,6-7,11H,5,8-10H2,1H3,(H,15,16)/t11-/m0/s1. The fourth-order valence-corrected chi connectivity index (χ4v) is 1.62. The van der Waals surface area contributed by atoms with Crippen LogP contribution in [0, 0.1) is 0 Å². The number of hydrogen-bond acceptors (Lipinski definition) is 1. The minimum Gasteiger partial charge on any atom is -0.356 e. The van der Waals surface area contributed by atoms with Gasteiger partial charge in [0.05, 0.1) is 0 Å². The summed E-state index contributed by atoms with van der Waals surface area (Å²) in [7, 11) is 0. The van der Waals surface area contributed by atoms with Crippen molar-refractivity contribution < 1.29 is 4.79 Å². The number of rotatable bonds is 6. The first kappa shape index (κ1) is 13.0. The quantitative estimate of drug-likeness (QED) is 0.760. The van der Waals surface area contributed by atoms with Crippen molar-refractivity contribution >= 4 is 17.5 Å². The molecule has 88 valence electrons. The zero-order valence-electron chi connectivity index (χ0n) is 9.58. The van der Waals surface area contributed by atoms with Crippen LogP contribution in [0.4, 0.5) is 0 Å². The van der Waals surface area contributed by atoms with Crippen LogP contribution in [0.15, 0.2) is 30.3 Å². The molecular formula is C13H18ClNO. The molecule has 1 aromatic rings. The summed E-state index contributed by atoms with van der Waals surface area (Å²) < 4.78 is 0. The first-order chi connectivity index (χ1) is 7.74. The first-order valence-electron chi connectivity index (χ1n) is 5.61. The second-order valence-electron chi connectivity index (χ2n) is 3.91. The molecule has 0 unspecified atom stereocenters. The highest BCUT2D eigenvalue weighted by Gasteiger charge is 2.06. The molecule has 1 aromatic carbocycles. The van der Waals surface area contributed by atoms with Crippen LogP contribution in [0.1, 0.15) is 31.2 Å². The van der Waals surface area contributed by atoms with Gasteiger partial charge in [0.15, 0.2) is 0 Å². The molecule has 0 aliphatic heterocycles. The van der Waals surface area contributed by atoms with Gasteiger partial charge in [-0.25, -0.2) is 0 Å². The van der Waals surface area contributed by atoms with E-state index in [1.165, 1.54) is 5.56 Å². The van der Waals surface area contributed by atoms with E-state index in [4.69, 9.17) is 11.6 Å². The Morgan fingerprint density at radius 2 is 2.06 bits per heavy atom. The van der Waals surface area contributed by atoms with Crippen LogP contribution in [0.25, 0.3) is 0 Å². The van der Waals surface area contributed by atoms with E-state index in [1.807, 2.05) is 18.2 Å². The van der Waals surface area contributed by atoms with E-state index in [1.54, 1.807) is 0 Å². The Balaban J connectivity index is 2.30. The van der Waals surface area contributed by atoms with E-state index < -0.39 is 0 Å². The Morgan fingerprint density at radius 1 is 1.38 bits per heavy atom. The van der Waals surface area contributed by atoms with Gasteiger partial charge in [-0.15, -0.1) is 11.6 Å². The second kappa shape index (κ2) is 7.29. The van der Waals surface area contributed by atoms with E-state index >= 15 is 0 Å². The van der Waals surface area contributed by atoms with Crippen molar-refractivity contribution in [3.8, 4) is 0 Å². The van der Waals surface area contributed by atoms with Gasteiger partial charge in [-0.2, -0.15) is 0 Å². The van der Waals surface area contributed by atoms with Crippen LogP contribution < -0.4 is 5.32 Å². The molecule has 1 rings (SSSR count). The highest BCUT2D eigenvalue weighted by molar-refractivity contribution is 6.17. The molecule has 1 N–H and O–H groups in total. The van der Waals surface area contributed by atoms with Crippen molar-refractivity contribution in [3.05, 3.63) is 35.9 Å². The van der Waals surface area contributed by atoms with Crippen molar-refractivity contribution in [3.63, 3.8) is 0 Å². The Kier molecular flexibility index (Phi) is 5.94. The summed E-state index contributed by atoms with van der Waals surface area (Å²) in [6.07, 6.45) is 1.26. The molecule has 1 amide bonds. The van der Waals surface area contributed by atoms with Crippen LogP contribution in [-0.2, 0) is 4.79 Å². The molecule has 0 fully saturated rings. The zero-order chi connectivity index (χ0) is 11.8. The number of alkyl halides is 1. The highest BCUT2D eigenvalue weighted by Crippen LogP contribution is 2.12. The lowest BCUT2D eigenvalue weighted by Crippen LogP contribution is -2.27. The number of amides is 1. The maximum Gasteiger partial charge on any atom is 0.220 e. The van der Waals surface area contributed by atoms with Crippen LogP contribution in [-0.4, -0.2) is 18.3 Å². The summed E-state index contributed by atoms with van der Waals surface area (Å²) >= 11 is 5.52. The third-order valence-electron chi connectivity index (χ3n) is 2.51. The van der Waals surface area contributed by atoms with Crippen molar-refractivity contribution in [1.82, 2.24) is 5.32 Å². The maximum atomic E-state index is 11.4. The molecule has 0 bridgehead atoms. The summed E-state index contributed by atoms with van der Waals surface area (Å²) in [5, 5.41) is 2.92. The molecule has 16 heavy (non-hydrogen) atoms. The molecule has 3 heteroatoms. The average molecular weight is 240 g/mol. The third-order valence-corrected chi connectivity index (χ3v) is 2.78. The van der Waals surface area contributed by atoms with Crippen molar-refractivity contribution in [2.45, 2.75) is 25.7 Å². The molecule has 0 heterocycles. The number of halogens is 1. The molecular weight excluding hydrogens is 222 g/mol. The Morgan fingerprint density at radius 3 is 2.69 bits per heavy atom. The minimum absolute atomic E-state index is 0.0865. The zero-order valence-corrected chi connectivity index (χ0v) is 10.3. The summed E-state index contributed by atoms with van der Waals surface area (Å²) in [5.41, 5.74) is 1.25. The van der Waals surface area contributed by atoms with E-state index in [-0.39, 0.29) is 5.91 Å². The van der Waals surface area contributed by atoms with Gasteiger partial charge >= 0.3 is 0 Å². The van der Waals surface area contributed by atoms with E-state index in [0.717, 1.165) is 6.42 Å². The lowest BCUT2D eigenvalue weighted by Gasteiger charge is -2.12. The van der Waals surface area contributed by atoms with E-state index in [9.17, 15) is 4.79 Å². The highest BCUT2D eigenvalue weighted by atomic mass is 35.5. The summed E-state index contributed by atoms with van der Waals surface area (Å²) in [5.74, 6) is 0.978. The van der Waals surface area contributed by atoms with Gasteiger partial charge in [0, 0.05) is 18.8 Å². The maximum absolute atomic E-state index is 11.4. The van der Waals surface area contributed by atoms with Crippen LogP contribution in [0.5, 0.6) is 0 Å². The van der Waals surface area contributed by atoms with Gasteiger partial charge in [-0.05, 0) is 17.9 Å². The molecule has 0 saturated carbocycles. The molecule has 0 aliphatic rings. The number of nitrogens with one attached hydrogen (secondary N) is 1. The largest absolute Gasteiger partial charge is 0.356 e. The Hall–Kier alpha value is -1.02. The lowest BCUT2D eigenvalue weighted by molar-refractivity contribution is -0.121. The van der Waals surface area contributed by atoms with Gasteiger partial charge in [-0.3, -0.25) is 4.79 Å². The fourth-order valence-electron chi connectivity index (χ4n) is 1.48. The van der Waals surface area contributed by atoms with Gasteiger partial charge in [0.1, 0.15) is 0 Å². The number of hydrogen-bond donors (Lipinski definition) is 1. The topological polar surface area (TPSA) is 29.1 Å². The van der Waals surface area contributed by atoms with Crippen LogP contribution >= 0.6 is 11.6 Å². The molecule has 0 spiro atoms. The predicted octanol–water partition coefficient (Wildman–Crippen LogP) is 2.93. The van der Waals surface area contributed by atoms with Gasteiger partial charge in [0.2, 0.25) is 5.91 Å². The monoisotopic (exact) mass is 239 g/mol. The van der Waals surface area contributed by atoms with E-state index in [0.29, 0.717) is 24.8 Å². The number of carbonyl (C=O) groups is 1. The van der Waals surface area contributed by atoms with Crippen molar-refractivity contribution in [2.75, 3.05) is 12.4 Å². The number of carbonyl (C=O) groups excluding carboxylic acids is 1. The third kappa shape index (κ3) is 4.67. The fraction of sp³-hybridized carbons (Fsp3) is 0.462. The lowest BCUT2D eigenvalue weighted by atomic mass is 10.0. The minimum atomic E-state index is 0.0865. The van der Waals surface area contributed by atoms with Gasteiger partial charge in [0.25, 0.3) is 0 Å². The Labute approximate surface area is 102 Å². The predicted molar refractivity (Wildman–Crippen MR) is 67.8 cm³/mol. The summed E-state index contributed by atoms with van der Waals surface area (Å²) in [4.78, 5) is 11.4. The number of benzene rings is 1. The first-order valence-corrected chi connectivity index (χ1v) is 6.15. The van der Waals surface area contributed by atoms with Crippen molar-refractivity contribution in [2.24, 2.45) is 0 Å². The second-order valence-corrected chi connectivity index (χ2v) is 4.29. The van der Waals surface area contributed by atoms with Gasteiger partial charge < -0.3 is 5.32 Å². The smallest absolute Gasteiger partial charge is 0.220 e. The summed E-state index contributed by atoms with van der Waals surface area (Å²) in [6.45, 7) is 2.79. The molecule has 0 saturated heterocycles. The Bertz CT molecular complexity index is 313. The molecule has 0 aliphatic carbocycles. The SMILES string of the molecule is C[C@@H](CNC(=O)CCCCl)c1ccccc1. The average Bonchev–Trinajstić information content (AvgIpc) is 2.34. The van der Waals surface area contributed by atoms with Crippen LogP contribution in [0.2, 0.25) is 0 Å².